The second-order valence-electron chi connectivity index (χ2n) is 7.73. The molecule has 0 spiro atoms. The van der Waals surface area contributed by atoms with Gasteiger partial charge in [-0.25, -0.2) is 0 Å². The Labute approximate surface area is 176 Å². The summed E-state index contributed by atoms with van der Waals surface area (Å²) in [4.78, 5) is 17.0. The maximum Gasteiger partial charge on any atom is 0.229 e. The number of carbonyl (C=O) groups is 1. The fraction of sp³-hybridized carbons (Fsp3) is 0.333. The lowest BCUT2D eigenvalue weighted by atomic mass is 9.86. The number of amides is 1. The number of hydrogen-bond donors (Lipinski definition) is 0. The van der Waals surface area contributed by atoms with Crippen LogP contribution in [-0.4, -0.2) is 23.4 Å². The molecule has 2 aliphatic rings. The number of nitriles is 1. The van der Waals surface area contributed by atoms with Crippen LogP contribution in [0.25, 0.3) is 0 Å². The summed E-state index contributed by atoms with van der Waals surface area (Å²) in [6, 6.07) is 17.1. The lowest BCUT2D eigenvalue weighted by Gasteiger charge is -2.42. The van der Waals surface area contributed by atoms with Gasteiger partial charge < -0.3 is 4.90 Å². The van der Waals surface area contributed by atoms with Crippen LogP contribution < -0.4 is 4.90 Å². The molecule has 0 bridgehead atoms. The first-order valence-corrected chi connectivity index (χ1v) is 11.0. The Morgan fingerprint density at radius 2 is 1.90 bits per heavy atom. The van der Waals surface area contributed by atoms with Gasteiger partial charge in [0.05, 0.1) is 29.2 Å². The average Bonchev–Trinajstić information content (AvgIpc) is 2.75. The maximum atomic E-state index is 13.0. The molecule has 1 saturated heterocycles. The van der Waals surface area contributed by atoms with E-state index in [1.54, 1.807) is 16.7 Å². The molecule has 0 aliphatic carbocycles. The van der Waals surface area contributed by atoms with Crippen molar-refractivity contribution >= 4 is 23.4 Å². The molecule has 5 heteroatoms. The van der Waals surface area contributed by atoms with Crippen LogP contribution in [0.15, 0.2) is 53.1 Å². The molecule has 148 valence electrons. The van der Waals surface area contributed by atoms with Gasteiger partial charge >= 0.3 is 0 Å². The van der Waals surface area contributed by atoms with Gasteiger partial charge in [0.1, 0.15) is 0 Å². The third-order valence-corrected chi connectivity index (χ3v) is 7.09. The van der Waals surface area contributed by atoms with Crippen LogP contribution in [0.1, 0.15) is 41.5 Å². The fourth-order valence-electron chi connectivity index (χ4n) is 3.92. The van der Waals surface area contributed by atoms with Gasteiger partial charge in [-0.2, -0.15) is 5.26 Å². The number of hydrogen-bond acceptors (Lipinski definition) is 4. The minimum atomic E-state index is -0.148. The third kappa shape index (κ3) is 3.65. The second kappa shape index (κ2) is 7.96. The lowest BCUT2D eigenvalue weighted by molar-refractivity contribution is -0.129. The van der Waals surface area contributed by atoms with Crippen LogP contribution in [0.3, 0.4) is 0 Å². The molecule has 0 radical (unpaired) electrons. The Bertz CT molecular complexity index is 1020. The molecule has 1 fully saturated rings. The molecule has 4 nitrogen and oxygen atoms in total. The molecule has 2 aromatic carbocycles. The predicted molar refractivity (Wildman–Crippen MR) is 118 cm³/mol. The maximum absolute atomic E-state index is 13.0. The second-order valence-corrected chi connectivity index (χ2v) is 8.66. The van der Waals surface area contributed by atoms with Crippen LogP contribution >= 0.6 is 11.8 Å². The van der Waals surface area contributed by atoms with Crippen molar-refractivity contribution in [1.29, 1.82) is 5.26 Å². The smallest absolute Gasteiger partial charge is 0.229 e. The van der Waals surface area contributed by atoms with Crippen molar-refractivity contribution in [3.8, 4) is 6.07 Å². The molecular weight excluding hydrogens is 378 g/mol. The van der Waals surface area contributed by atoms with Crippen molar-refractivity contribution in [3.05, 3.63) is 75.3 Å². The van der Waals surface area contributed by atoms with Gasteiger partial charge in [0.25, 0.3) is 0 Å². The predicted octanol–water partition coefficient (Wildman–Crippen LogP) is 5.09. The lowest BCUT2D eigenvalue weighted by Crippen LogP contribution is -2.47. The Morgan fingerprint density at radius 3 is 2.55 bits per heavy atom. The minimum absolute atomic E-state index is 0.0876. The van der Waals surface area contributed by atoms with Crippen molar-refractivity contribution in [2.75, 3.05) is 17.4 Å². The highest BCUT2D eigenvalue weighted by Gasteiger charge is 2.38. The molecule has 0 saturated carbocycles. The minimum Gasteiger partial charge on any atom is -0.344 e. The van der Waals surface area contributed by atoms with Gasteiger partial charge in [-0.1, -0.05) is 49.0 Å². The number of nitrogens with zero attached hydrogens (tertiary/aromatic N) is 3. The zero-order chi connectivity index (χ0) is 20.5. The van der Waals surface area contributed by atoms with Crippen molar-refractivity contribution in [3.63, 3.8) is 0 Å². The van der Waals surface area contributed by atoms with Crippen LogP contribution in [0.4, 0.5) is 5.69 Å². The van der Waals surface area contributed by atoms with E-state index >= 15 is 0 Å². The first-order valence-electron chi connectivity index (χ1n) is 10.00. The topological polar surface area (TPSA) is 47.3 Å². The van der Waals surface area contributed by atoms with Crippen molar-refractivity contribution < 1.29 is 4.79 Å². The Morgan fingerprint density at radius 1 is 1.14 bits per heavy atom. The molecule has 1 amide bonds. The van der Waals surface area contributed by atoms with Crippen LogP contribution in [0, 0.1) is 25.2 Å². The summed E-state index contributed by atoms with van der Waals surface area (Å²) in [6.45, 7) is 6.83. The normalized spacial score (nSPS) is 19.2. The number of carbonyl (C=O) groups excluding carboxylic acids is 1. The van der Waals surface area contributed by atoms with E-state index in [1.807, 2.05) is 0 Å². The quantitative estimate of drug-likeness (QED) is 0.717. The van der Waals surface area contributed by atoms with Gasteiger partial charge in [-0.15, -0.1) is 0 Å². The number of benzene rings is 2. The standard InChI is InChI=1S/C24H25N3OS/c1-4-18-6-8-19(9-7-18)21-12-23(28)27-14-26(15-29-24(27)22(21)13-25)20-10-5-16(2)17(3)11-20/h5-11,21H,4,12,14-15H2,1-3H3. The van der Waals surface area contributed by atoms with Gasteiger partial charge in [0.2, 0.25) is 5.91 Å². The molecule has 2 heterocycles. The Balaban J connectivity index is 1.64. The van der Waals surface area contributed by atoms with Gasteiger partial charge in [0.15, 0.2) is 0 Å². The molecule has 1 atom stereocenters. The molecule has 2 aromatic rings. The number of anilines is 1. The largest absolute Gasteiger partial charge is 0.344 e. The summed E-state index contributed by atoms with van der Waals surface area (Å²) in [5.41, 5.74) is 6.65. The van der Waals surface area contributed by atoms with Crippen LogP contribution in [0.5, 0.6) is 0 Å². The summed E-state index contributed by atoms with van der Waals surface area (Å²) in [6.07, 6.45) is 1.33. The summed E-state index contributed by atoms with van der Waals surface area (Å²) in [5.74, 6) is 0.670. The monoisotopic (exact) mass is 403 g/mol. The van der Waals surface area contributed by atoms with Crippen LogP contribution in [0.2, 0.25) is 0 Å². The number of fused-ring (bicyclic) bond motifs is 1. The van der Waals surface area contributed by atoms with Crippen LogP contribution in [-0.2, 0) is 11.2 Å². The molecule has 1 unspecified atom stereocenters. The van der Waals surface area contributed by atoms with Gasteiger partial charge in [-0.3, -0.25) is 9.69 Å². The van der Waals surface area contributed by atoms with E-state index in [-0.39, 0.29) is 11.8 Å². The molecule has 2 aliphatic heterocycles. The van der Waals surface area contributed by atoms with E-state index in [9.17, 15) is 10.1 Å². The molecular formula is C24H25N3OS. The van der Waals surface area contributed by atoms with E-state index in [0.29, 0.717) is 13.1 Å². The number of rotatable bonds is 3. The summed E-state index contributed by atoms with van der Waals surface area (Å²) in [7, 11) is 0. The Kier molecular flexibility index (Phi) is 5.38. The van der Waals surface area contributed by atoms with E-state index < -0.39 is 0 Å². The van der Waals surface area contributed by atoms with Crippen molar-refractivity contribution in [1.82, 2.24) is 4.90 Å². The first kappa shape index (κ1) is 19.6. The highest BCUT2D eigenvalue weighted by Crippen LogP contribution is 2.43. The highest BCUT2D eigenvalue weighted by molar-refractivity contribution is 8.03. The van der Waals surface area contributed by atoms with E-state index in [1.165, 1.54) is 16.7 Å². The van der Waals surface area contributed by atoms with Gasteiger partial charge in [0, 0.05) is 18.0 Å². The van der Waals surface area contributed by atoms with E-state index in [0.717, 1.165) is 34.2 Å². The SMILES string of the molecule is CCc1ccc(C2CC(=O)N3CN(c4ccc(C)c(C)c4)CSC3=C2C#N)cc1. The molecule has 29 heavy (non-hydrogen) atoms. The third-order valence-electron chi connectivity index (χ3n) is 5.94. The number of allylic oxidation sites excluding steroid dienone is 1. The van der Waals surface area contributed by atoms with Crippen molar-refractivity contribution in [2.24, 2.45) is 0 Å². The molecule has 4 rings (SSSR count). The van der Waals surface area contributed by atoms with Crippen molar-refractivity contribution in [2.45, 2.75) is 39.5 Å². The zero-order valence-electron chi connectivity index (χ0n) is 17.1. The molecule has 0 N–H and O–H groups in total. The fourth-order valence-corrected chi connectivity index (χ4v) is 5.09. The molecule has 0 aromatic heterocycles. The Hall–Kier alpha value is -2.71. The summed E-state index contributed by atoms with van der Waals surface area (Å²) >= 11 is 1.59. The van der Waals surface area contributed by atoms with Gasteiger partial charge in [-0.05, 0) is 54.7 Å². The number of aryl methyl sites for hydroxylation is 3. The number of thioether (sulfide) groups is 1. The van der Waals surface area contributed by atoms with E-state index in [4.69, 9.17) is 0 Å². The highest BCUT2D eigenvalue weighted by atomic mass is 32.2. The van der Waals surface area contributed by atoms with E-state index in [2.05, 4.69) is 74.2 Å². The summed E-state index contributed by atoms with van der Waals surface area (Å²) < 4.78 is 0. The first-order chi connectivity index (χ1) is 14.0. The summed E-state index contributed by atoms with van der Waals surface area (Å²) in [5, 5.41) is 10.8. The zero-order valence-corrected chi connectivity index (χ0v) is 17.9. The average molecular weight is 404 g/mol.